The summed E-state index contributed by atoms with van der Waals surface area (Å²) in [7, 11) is 0. The summed E-state index contributed by atoms with van der Waals surface area (Å²) >= 11 is 3.29. The SMILES string of the molecule is CCS.O=[S+]O. The Balaban J connectivity index is 0. The number of rotatable bonds is 0. The molecule has 0 aliphatic heterocycles. The van der Waals surface area contributed by atoms with E-state index in [0.29, 0.717) is 0 Å². The Morgan fingerprint density at radius 3 is 2.00 bits per heavy atom. The summed E-state index contributed by atoms with van der Waals surface area (Å²) in [5, 5.41) is 0. The molecule has 6 heavy (non-hydrogen) atoms. The molecule has 0 aromatic carbocycles. The minimum Gasteiger partial charge on any atom is -0.180 e. The van der Waals surface area contributed by atoms with E-state index in [1.165, 1.54) is 0 Å². The fourth-order valence-corrected chi connectivity index (χ4v) is 0. The molecule has 0 aromatic heterocycles. The first-order chi connectivity index (χ1) is 2.83. The van der Waals surface area contributed by atoms with Crippen molar-refractivity contribution in [3.8, 4) is 0 Å². The molecule has 0 spiro atoms. The molecule has 0 aliphatic carbocycles. The van der Waals surface area contributed by atoms with E-state index in [9.17, 15) is 0 Å². The van der Waals surface area contributed by atoms with Gasteiger partial charge in [0.15, 0.2) is 0 Å². The summed E-state index contributed by atoms with van der Waals surface area (Å²) in [4.78, 5) is 0. The number of hydrogen-bond acceptors (Lipinski definition) is 2. The zero-order chi connectivity index (χ0) is 5.41. The summed E-state index contributed by atoms with van der Waals surface area (Å²) in [6, 6.07) is 0. The predicted molar refractivity (Wildman–Crippen MR) is 30.2 cm³/mol. The second-order valence-corrected chi connectivity index (χ2v) is 1.17. The molecule has 0 heterocycles. The molecule has 0 saturated heterocycles. The lowest BCUT2D eigenvalue weighted by Gasteiger charge is -1.48. The van der Waals surface area contributed by atoms with Crippen molar-refractivity contribution >= 4 is 24.6 Å². The maximum Gasteiger partial charge on any atom is 0.690 e. The quantitative estimate of drug-likeness (QED) is 0.287. The molecule has 0 saturated carbocycles. The van der Waals surface area contributed by atoms with E-state index in [-0.39, 0.29) is 0 Å². The minimum absolute atomic E-state index is 0.500. The van der Waals surface area contributed by atoms with Crippen LogP contribution < -0.4 is 0 Å². The normalized spacial score (nSPS) is 5.17. The van der Waals surface area contributed by atoms with Crippen LogP contribution in [0.3, 0.4) is 0 Å². The van der Waals surface area contributed by atoms with Gasteiger partial charge in [0, 0.05) is 0 Å². The Morgan fingerprint density at radius 2 is 2.00 bits per heavy atom. The Hall–Kier alpha value is 0.330. The predicted octanol–water partition coefficient (Wildman–Crippen LogP) is 0.824. The van der Waals surface area contributed by atoms with Crippen LogP contribution in [0.5, 0.6) is 0 Å². The third-order valence-corrected chi connectivity index (χ3v) is 0. The van der Waals surface area contributed by atoms with E-state index in [2.05, 4.69) is 12.6 Å². The monoisotopic (exact) mass is 127 g/mol. The Bertz CT molecular complexity index is 23.5. The van der Waals surface area contributed by atoms with Crippen LogP contribution in [-0.4, -0.2) is 10.3 Å². The standard InChI is InChI=1S/C2H6S.O2S/c1-2-3;1-3-2/h3H,2H2,1H3;/p+1. The van der Waals surface area contributed by atoms with Crippen LogP contribution in [0.2, 0.25) is 0 Å². The summed E-state index contributed by atoms with van der Waals surface area (Å²) in [5.41, 5.74) is 0. The van der Waals surface area contributed by atoms with E-state index in [1.54, 1.807) is 0 Å². The van der Waals surface area contributed by atoms with Crippen LogP contribution in [0.4, 0.5) is 0 Å². The molecule has 0 bridgehead atoms. The third kappa shape index (κ3) is 441. The fourth-order valence-electron chi connectivity index (χ4n) is 0. The topological polar surface area (TPSA) is 37.3 Å². The molecule has 0 radical (unpaired) electrons. The van der Waals surface area contributed by atoms with Crippen molar-refractivity contribution in [3.63, 3.8) is 0 Å². The van der Waals surface area contributed by atoms with Crippen LogP contribution >= 0.6 is 12.6 Å². The zero-order valence-electron chi connectivity index (χ0n) is 3.42. The molecule has 0 aliphatic rings. The lowest BCUT2D eigenvalue weighted by molar-refractivity contribution is 0.538. The maximum atomic E-state index is 8.40. The van der Waals surface area contributed by atoms with Gasteiger partial charge in [0.05, 0.1) is 4.21 Å². The van der Waals surface area contributed by atoms with E-state index in [0.717, 1.165) is 5.75 Å². The molecule has 0 amide bonds. The number of hydrogen-bond donors (Lipinski definition) is 2. The summed E-state index contributed by atoms with van der Waals surface area (Å²) in [5.74, 6) is 0.944. The minimum atomic E-state index is -0.500. The molecule has 0 aromatic rings. The van der Waals surface area contributed by atoms with Crippen molar-refractivity contribution < 1.29 is 8.76 Å². The zero-order valence-corrected chi connectivity index (χ0v) is 5.13. The van der Waals surface area contributed by atoms with Gasteiger partial charge in [0.2, 0.25) is 0 Å². The second-order valence-electron chi connectivity index (χ2n) is 0.391. The van der Waals surface area contributed by atoms with Gasteiger partial charge in [0.25, 0.3) is 0 Å². The third-order valence-electron chi connectivity index (χ3n) is 0. The Kier molecular flexibility index (Phi) is 29.4. The Labute approximate surface area is 46.7 Å². The summed E-state index contributed by atoms with van der Waals surface area (Å²) in [6.45, 7) is 1.99. The van der Waals surface area contributed by atoms with Gasteiger partial charge in [-0.25, -0.2) is 0 Å². The van der Waals surface area contributed by atoms with Crippen molar-refractivity contribution in [2.75, 3.05) is 5.75 Å². The lowest BCUT2D eigenvalue weighted by Crippen LogP contribution is -1.36. The molecule has 0 rings (SSSR count). The van der Waals surface area contributed by atoms with Crippen molar-refractivity contribution in [1.82, 2.24) is 0 Å². The highest BCUT2D eigenvalue weighted by Crippen LogP contribution is 1.58. The summed E-state index contributed by atoms with van der Waals surface area (Å²) in [6.07, 6.45) is 0. The van der Waals surface area contributed by atoms with Gasteiger partial charge in [-0.1, -0.05) is 11.5 Å². The molecule has 0 atom stereocenters. The average Bonchev–Trinajstić information content (AvgIpc) is 1.39. The Morgan fingerprint density at radius 1 is 2.00 bits per heavy atom. The van der Waals surface area contributed by atoms with Crippen LogP contribution in [0, 0.1) is 0 Å². The van der Waals surface area contributed by atoms with Crippen molar-refractivity contribution in [2.45, 2.75) is 6.92 Å². The fraction of sp³-hybridized carbons (Fsp3) is 1.00. The first-order valence-corrected chi connectivity index (χ1v) is 2.70. The van der Waals surface area contributed by atoms with Crippen molar-refractivity contribution in [3.05, 3.63) is 0 Å². The van der Waals surface area contributed by atoms with Crippen molar-refractivity contribution in [2.24, 2.45) is 0 Å². The van der Waals surface area contributed by atoms with Crippen molar-refractivity contribution in [1.29, 1.82) is 0 Å². The van der Waals surface area contributed by atoms with E-state index in [1.807, 2.05) is 6.92 Å². The highest BCUT2D eigenvalue weighted by Gasteiger charge is 1.61. The van der Waals surface area contributed by atoms with Gasteiger partial charge in [-0.3, -0.25) is 0 Å². The molecular weight excluding hydrogens is 120 g/mol. The first-order valence-electron chi connectivity index (χ1n) is 1.37. The van der Waals surface area contributed by atoms with Crippen LogP contribution in [0.15, 0.2) is 0 Å². The highest BCUT2D eigenvalue weighted by atomic mass is 32.2. The van der Waals surface area contributed by atoms with E-state index < -0.39 is 11.9 Å². The van der Waals surface area contributed by atoms with Gasteiger partial charge >= 0.3 is 11.9 Å². The largest absolute Gasteiger partial charge is 0.690 e. The molecule has 2 nitrogen and oxygen atoms in total. The molecule has 38 valence electrons. The van der Waals surface area contributed by atoms with Gasteiger partial charge in [0.1, 0.15) is 0 Å². The smallest absolute Gasteiger partial charge is 0.180 e. The molecule has 0 unspecified atom stereocenters. The van der Waals surface area contributed by atoms with Gasteiger partial charge < -0.3 is 0 Å². The molecule has 1 N–H and O–H groups in total. The van der Waals surface area contributed by atoms with Crippen LogP contribution in [0.25, 0.3) is 0 Å². The van der Waals surface area contributed by atoms with Crippen LogP contribution in [-0.2, 0) is 16.2 Å². The van der Waals surface area contributed by atoms with E-state index in [4.69, 9.17) is 8.76 Å². The average molecular weight is 127 g/mol. The van der Waals surface area contributed by atoms with Gasteiger partial charge in [-0.15, -0.1) is 0 Å². The maximum absolute atomic E-state index is 8.40. The second kappa shape index (κ2) is 18.4. The highest BCUT2D eigenvalue weighted by molar-refractivity contribution is 7.80. The van der Waals surface area contributed by atoms with Gasteiger partial charge in [-0.05, 0) is 5.75 Å². The molecule has 0 fully saturated rings. The number of thiol groups is 1. The van der Waals surface area contributed by atoms with E-state index >= 15 is 0 Å². The van der Waals surface area contributed by atoms with Gasteiger partial charge in [-0.2, -0.15) is 12.6 Å². The molecular formula is C2H7O2S2+. The molecule has 4 heteroatoms. The lowest BCUT2D eigenvalue weighted by atomic mass is 11.0. The van der Waals surface area contributed by atoms with Crippen LogP contribution in [0.1, 0.15) is 6.92 Å². The summed E-state index contributed by atoms with van der Waals surface area (Å²) < 4.78 is 15.3. The first kappa shape index (κ1) is 9.59.